The zero-order valence-electron chi connectivity index (χ0n) is 10.2. The monoisotopic (exact) mass is 320 g/mol. The molecule has 6 heteroatoms. The lowest BCUT2D eigenvalue weighted by Crippen LogP contribution is -2.35. The number of rotatable bonds is 5. The highest BCUT2D eigenvalue weighted by Gasteiger charge is 2.17. The van der Waals surface area contributed by atoms with Gasteiger partial charge in [0.2, 0.25) is 10.0 Å². The van der Waals surface area contributed by atoms with E-state index in [0.717, 1.165) is 4.47 Å². The largest absolute Gasteiger partial charge is 0.308 e. The van der Waals surface area contributed by atoms with E-state index < -0.39 is 10.0 Å². The Morgan fingerprint density at radius 1 is 1.24 bits per heavy atom. The van der Waals surface area contributed by atoms with E-state index in [1.807, 2.05) is 31.1 Å². The number of nitrogens with zero attached hydrogens (tertiary/aromatic N) is 2. The molecule has 1 aromatic carbocycles. The van der Waals surface area contributed by atoms with Gasteiger partial charge in [0.25, 0.3) is 0 Å². The molecule has 4 nitrogen and oxygen atoms in total. The third-order valence-corrected chi connectivity index (χ3v) is 3.93. The Morgan fingerprint density at radius 2 is 1.88 bits per heavy atom. The van der Waals surface area contributed by atoms with Gasteiger partial charge in [-0.15, -0.1) is 0 Å². The second-order valence-electron chi connectivity index (χ2n) is 4.12. The topological polar surface area (TPSA) is 40.6 Å². The summed E-state index contributed by atoms with van der Waals surface area (Å²) in [6.07, 6.45) is 1.23. The Balaban J connectivity index is 2.99. The molecule has 1 aromatic rings. The summed E-state index contributed by atoms with van der Waals surface area (Å²) in [4.78, 5) is 1.95. The molecule has 0 N–H and O–H groups in total. The SMILES string of the molecule is CN(C)CCN(c1cccc(Br)c1)S(C)(=O)=O. The molecule has 96 valence electrons. The van der Waals surface area contributed by atoms with E-state index in [4.69, 9.17) is 0 Å². The summed E-state index contributed by atoms with van der Waals surface area (Å²) in [5, 5.41) is 0. The molecule has 0 saturated carbocycles. The third kappa shape index (κ3) is 4.65. The van der Waals surface area contributed by atoms with Crippen molar-refractivity contribution in [1.29, 1.82) is 0 Å². The van der Waals surface area contributed by atoms with Gasteiger partial charge in [0.1, 0.15) is 0 Å². The lowest BCUT2D eigenvalue weighted by molar-refractivity contribution is 0.419. The van der Waals surface area contributed by atoms with E-state index in [2.05, 4.69) is 15.9 Å². The smallest absolute Gasteiger partial charge is 0.232 e. The van der Waals surface area contributed by atoms with Crippen molar-refractivity contribution in [3.05, 3.63) is 28.7 Å². The Kier molecular flexibility index (Phi) is 4.97. The van der Waals surface area contributed by atoms with Crippen LogP contribution in [0.3, 0.4) is 0 Å². The highest BCUT2D eigenvalue weighted by molar-refractivity contribution is 9.10. The lowest BCUT2D eigenvalue weighted by atomic mass is 10.3. The van der Waals surface area contributed by atoms with E-state index in [0.29, 0.717) is 18.8 Å². The first-order valence-corrected chi connectivity index (χ1v) is 7.83. The molecule has 0 heterocycles. The molecule has 0 aliphatic carbocycles. The number of likely N-dealkylation sites (N-methyl/N-ethyl adjacent to an activating group) is 1. The molecule has 0 bridgehead atoms. The number of sulfonamides is 1. The van der Waals surface area contributed by atoms with E-state index in [1.54, 1.807) is 12.1 Å². The first-order valence-electron chi connectivity index (χ1n) is 5.18. The average Bonchev–Trinajstić information content (AvgIpc) is 2.15. The van der Waals surface area contributed by atoms with Crippen LogP contribution in [0.1, 0.15) is 0 Å². The Labute approximate surface area is 111 Å². The predicted octanol–water partition coefficient (Wildman–Crippen LogP) is 1.78. The maximum absolute atomic E-state index is 11.7. The van der Waals surface area contributed by atoms with Crippen molar-refractivity contribution in [2.75, 3.05) is 37.7 Å². The molecule has 0 aliphatic heterocycles. The number of anilines is 1. The van der Waals surface area contributed by atoms with Gasteiger partial charge in [-0.1, -0.05) is 22.0 Å². The van der Waals surface area contributed by atoms with Crippen LogP contribution in [0, 0.1) is 0 Å². The maximum atomic E-state index is 11.7. The summed E-state index contributed by atoms with van der Waals surface area (Å²) in [7, 11) is 0.591. The van der Waals surface area contributed by atoms with Crippen LogP contribution in [-0.4, -0.2) is 46.8 Å². The van der Waals surface area contributed by atoms with Crippen LogP contribution >= 0.6 is 15.9 Å². The van der Waals surface area contributed by atoms with Crippen LogP contribution in [0.5, 0.6) is 0 Å². The summed E-state index contributed by atoms with van der Waals surface area (Å²) in [6, 6.07) is 7.29. The van der Waals surface area contributed by atoms with Crippen molar-refractivity contribution in [2.45, 2.75) is 0 Å². The second-order valence-corrected chi connectivity index (χ2v) is 6.94. The molecule has 17 heavy (non-hydrogen) atoms. The Morgan fingerprint density at radius 3 is 2.35 bits per heavy atom. The summed E-state index contributed by atoms with van der Waals surface area (Å²) < 4.78 is 25.8. The molecule has 0 radical (unpaired) electrons. The quantitative estimate of drug-likeness (QED) is 0.830. The van der Waals surface area contributed by atoms with Gasteiger partial charge in [0.15, 0.2) is 0 Å². The molecule has 0 unspecified atom stereocenters. The van der Waals surface area contributed by atoms with Gasteiger partial charge < -0.3 is 4.90 Å². The molecule has 0 aromatic heterocycles. The lowest BCUT2D eigenvalue weighted by Gasteiger charge is -2.24. The maximum Gasteiger partial charge on any atom is 0.232 e. The molecular weight excluding hydrogens is 304 g/mol. The van der Waals surface area contributed by atoms with Gasteiger partial charge in [-0.25, -0.2) is 8.42 Å². The standard InChI is InChI=1S/C11H17BrN2O2S/c1-13(2)7-8-14(17(3,15)16)11-6-4-5-10(12)9-11/h4-6,9H,7-8H2,1-3H3. The molecule has 0 aliphatic rings. The van der Waals surface area contributed by atoms with Crippen molar-refractivity contribution in [3.8, 4) is 0 Å². The van der Waals surface area contributed by atoms with Crippen molar-refractivity contribution in [2.24, 2.45) is 0 Å². The highest BCUT2D eigenvalue weighted by Crippen LogP contribution is 2.21. The van der Waals surface area contributed by atoms with Crippen LogP contribution < -0.4 is 4.31 Å². The van der Waals surface area contributed by atoms with Crippen molar-refractivity contribution < 1.29 is 8.42 Å². The first-order chi connectivity index (χ1) is 7.80. The number of benzene rings is 1. The molecule has 0 amide bonds. The van der Waals surface area contributed by atoms with Gasteiger partial charge in [-0.05, 0) is 32.3 Å². The van der Waals surface area contributed by atoms with Gasteiger partial charge in [0.05, 0.1) is 11.9 Å². The van der Waals surface area contributed by atoms with Gasteiger partial charge in [-0.2, -0.15) is 0 Å². The van der Waals surface area contributed by atoms with Gasteiger partial charge in [-0.3, -0.25) is 4.31 Å². The van der Waals surface area contributed by atoms with E-state index in [1.165, 1.54) is 10.6 Å². The van der Waals surface area contributed by atoms with Crippen molar-refractivity contribution in [3.63, 3.8) is 0 Å². The van der Waals surface area contributed by atoms with Crippen LogP contribution in [0.15, 0.2) is 28.7 Å². The summed E-state index contributed by atoms with van der Waals surface area (Å²) >= 11 is 3.35. The number of halogens is 1. The minimum Gasteiger partial charge on any atom is -0.308 e. The fraction of sp³-hybridized carbons (Fsp3) is 0.455. The molecule has 0 fully saturated rings. The van der Waals surface area contributed by atoms with Crippen LogP contribution in [-0.2, 0) is 10.0 Å². The zero-order valence-corrected chi connectivity index (χ0v) is 12.6. The van der Waals surface area contributed by atoms with E-state index >= 15 is 0 Å². The first kappa shape index (κ1) is 14.5. The molecule has 0 saturated heterocycles. The fourth-order valence-corrected chi connectivity index (χ4v) is 2.71. The summed E-state index contributed by atoms with van der Waals surface area (Å²) in [6.45, 7) is 1.13. The van der Waals surface area contributed by atoms with E-state index in [9.17, 15) is 8.42 Å². The minimum absolute atomic E-state index is 0.447. The van der Waals surface area contributed by atoms with E-state index in [-0.39, 0.29) is 0 Å². The van der Waals surface area contributed by atoms with Gasteiger partial charge in [0, 0.05) is 17.6 Å². The molecule has 1 rings (SSSR count). The van der Waals surface area contributed by atoms with Crippen molar-refractivity contribution >= 4 is 31.6 Å². The minimum atomic E-state index is -3.24. The Bertz CT molecular complexity index is 474. The fourth-order valence-electron chi connectivity index (χ4n) is 1.41. The predicted molar refractivity (Wildman–Crippen MR) is 74.9 cm³/mol. The normalized spacial score (nSPS) is 11.8. The number of hydrogen-bond donors (Lipinski definition) is 0. The number of hydrogen-bond acceptors (Lipinski definition) is 3. The van der Waals surface area contributed by atoms with Gasteiger partial charge >= 0.3 is 0 Å². The highest BCUT2D eigenvalue weighted by atomic mass is 79.9. The second kappa shape index (κ2) is 5.84. The summed E-state index contributed by atoms with van der Waals surface area (Å²) in [5.74, 6) is 0. The van der Waals surface area contributed by atoms with Crippen LogP contribution in [0.25, 0.3) is 0 Å². The van der Waals surface area contributed by atoms with Crippen LogP contribution in [0.4, 0.5) is 5.69 Å². The van der Waals surface area contributed by atoms with Crippen molar-refractivity contribution in [1.82, 2.24) is 4.90 Å². The summed E-state index contributed by atoms with van der Waals surface area (Å²) in [5.41, 5.74) is 0.684. The molecule has 0 atom stereocenters. The molecule has 0 spiro atoms. The molecular formula is C11H17BrN2O2S. The Hall–Kier alpha value is -0.590. The van der Waals surface area contributed by atoms with Crippen LogP contribution in [0.2, 0.25) is 0 Å². The zero-order chi connectivity index (χ0) is 13.1. The third-order valence-electron chi connectivity index (χ3n) is 2.25. The average molecular weight is 321 g/mol.